The molecule has 0 spiro atoms. The Balaban J connectivity index is 2.06. The van der Waals surface area contributed by atoms with E-state index in [0.29, 0.717) is 0 Å². The molecule has 1 atom stereocenters. The normalized spacial score (nSPS) is 12.7. The van der Waals surface area contributed by atoms with Gasteiger partial charge in [0.25, 0.3) is 0 Å². The van der Waals surface area contributed by atoms with E-state index in [2.05, 4.69) is 48.1 Å². The first-order valence-corrected chi connectivity index (χ1v) is 9.52. The number of hydrogen-bond acceptors (Lipinski definition) is 4. The molecule has 148 valence electrons. The molecular formula is C25H25NO3. The number of nitrogens with zero attached hydrogens (tertiary/aromatic N) is 1. The molecule has 0 saturated heterocycles. The largest absolute Gasteiger partial charge is 0.411 e. The number of rotatable bonds is 10. The second kappa shape index (κ2) is 10.4. The van der Waals surface area contributed by atoms with Crippen LogP contribution in [0, 0.1) is 0 Å². The van der Waals surface area contributed by atoms with Crippen molar-refractivity contribution in [2.45, 2.75) is 11.7 Å². The fourth-order valence-corrected chi connectivity index (χ4v) is 3.36. The van der Waals surface area contributed by atoms with Crippen LogP contribution in [0.15, 0.2) is 109 Å². The van der Waals surface area contributed by atoms with Gasteiger partial charge in [0.15, 0.2) is 0 Å². The molecule has 3 rings (SSSR count). The van der Waals surface area contributed by atoms with E-state index < -0.39 is 5.60 Å². The molecule has 0 heterocycles. The minimum Gasteiger partial charge on any atom is -0.411 e. The van der Waals surface area contributed by atoms with E-state index in [1.165, 1.54) is 6.21 Å². The summed E-state index contributed by atoms with van der Waals surface area (Å²) in [5.41, 5.74) is 2.27. The molecule has 0 saturated carbocycles. The van der Waals surface area contributed by atoms with Gasteiger partial charge in [-0.05, 0) is 16.7 Å². The van der Waals surface area contributed by atoms with Crippen LogP contribution < -0.4 is 0 Å². The van der Waals surface area contributed by atoms with Crippen LogP contribution in [0.3, 0.4) is 0 Å². The molecule has 3 aromatic carbocycles. The highest BCUT2D eigenvalue weighted by Gasteiger charge is 2.37. The molecule has 0 amide bonds. The Kier molecular flexibility index (Phi) is 7.34. The molecule has 0 radical (unpaired) electrons. The molecule has 0 bridgehead atoms. The van der Waals surface area contributed by atoms with Crippen LogP contribution in [-0.4, -0.2) is 30.7 Å². The van der Waals surface area contributed by atoms with Crippen LogP contribution in [-0.2, 0) is 15.1 Å². The van der Waals surface area contributed by atoms with Crippen molar-refractivity contribution >= 4 is 6.21 Å². The van der Waals surface area contributed by atoms with Crippen molar-refractivity contribution < 1.29 is 14.7 Å². The Bertz CT molecular complexity index is 798. The Morgan fingerprint density at radius 2 is 1.28 bits per heavy atom. The maximum Gasteiger partial charge on any atom is 0.143 e. The van der Waals surface area contributed by atoms with Gasteiger partial charge in [-0.1, -0.05) is 102 Å². The molecule has 0 fully saturated rings. The van der Waals surface area contributed by atoms with Crippen molar-refractivity contribution in [2.75, 3.05) is 13.2 Å². The maximum absolute atomic E-state index is 8.59. The van der Waals surface area contributed by atoms with E-state index >= 15 is 0 Å². The van der Waals surface area contributed by atoms with E-state index in [9.17, 15) is 0 Å². The van der Waals surface area contributed by atoms with Gasteiger partial charge < -0.3 is 14.7 Å². The third kappa shape index (κ3) is 4.80. The summed E-state index contributed by atoms with van der Waals surface area (Å²) in [7, 11) is 0. The summed E-state index contributed by atoms with van der Waals surface area (Å²) in [4.78, 5) is 0. The highest BCUT2D eigenvalue weighted by atomic mass is 16.5. The summed E-state index contributed by atoms with van der Waals surface area (Å²) in [5.74, 6) is 0. The molecular weight excluding hydrogens is 362 g/mol. The number of ether oxygens (including phenoxy) is 2. The van der Waals surface area contributed by atoms with Crippen LogP contribution in [0.25, 0.3) is 0 Å². The van der Waals surface area contributed by atoms with Crippen molar-refractivity contribution in [1.29, 1.82) is 0 Å². The van der Waals surface area contributed by atoms with Gasteiger partial charge in [-0.15, -0.1) is 6.58 Å². The first-order chi connectivity index (χ1) is 14.3. The van der Waals surface area contributed by atoms with Crippen molar-refractivity contribution in [2.24, 2.45) is 5.16 Å². The lowest BCUT2D eigenvalue weighted by atomic mass is 9.80. The topological polar surface area (TPSA) is 51.0 Å². The summed E-state index contributed by atoms with van der Waals surface area (Å²) in [6, 6.07) is 30.5. The molecule has 0 aliphatic rings. The van der Waals surface area contributed by atoms with Gasteiger partial charge in [0.05, 0.1) is 25.5 Å². The molecule has 4 nitrogen and oxygen atoms in total. The van der Waals surface area contributed by atoms with Crippen molar-refractivity contribution in [1.82, 2.24) is 0 Å². The fourth-order valence-electron chi connectivity index (χ4n) is 3.36. The van der Waals surface area contributed by atoms with Gasteiger partial charge in [0.1, 0.15) is 5.60 Å². The maximum atomic E-state index is 8.59. The highest BCUT2D eigenvalue weighted by molar-refractivity contribution is 5.57. The van der Waals surface area contributed by atoms with Crippen LogP contribution in [0.1, 0.15) is 16.7 Å². The predicted octanol–water partition coefficient (Wildman–Crippen LogP) is 5.03. The second-order valence-corrected chi connectivity index (χ2v) is 6.50. The molecule has 0 aromatic heterocycles. The minimum absolute atomic E-state index is 0.172. The van der Waals surface area contributed by atoms with Crippen molar-refractivity contribution in [3.05, 3.63) is 120 Å². The standard InChI is InChI=1S/C25H25NO3/c1-2-24(28-19-18-26-27)20-29-25(21-12-6-3-7-13-21,22-14-8-4-9-15-22)23-16-10-5-11-17-23/h2-18,24,27H,1,19-20H2/b26-18-/t24-/m0/s1. The summed E-state index contributed by atoms with van der Waals surface area (Å²) < 4.78 is 12.4. The number of hydrogen-bond donors (Lipinski definition) is 1. The van der Waals surface area contributed by atoms with E-state index in [1.807, 2.05) is 54.6 Å². The zero-order valence-electron chi connectivity index (χ0n) is 16.2. The SMILES string of the molecule is C=C[C@@H](COC(c1ccccc1)(c1ccccc1)c1ccccc1)OC/C=N\O. The van der Waals surface area contributed by atoms with E-state index in [0.717, 1.165) is 16.7 Å². The summed E-state index contributed by atoms with van der Waals surface area (Å²) in [6.45, 7) is 4.30. The minimum atomic E-state index is -0.806. The molecule has 0 unspecified atom stereocenters. The number of benzene rings is 3. The zero-order valence-corrected chi connectivity index (χ0v) is 16.2. The lowest BCUT2D eigenvalue weighted by Crippen LogP contribution is -2.36. The quantitative estimate of drug-likeness (QED) is 0.175. The zero-order chi connectivity index (χ0) is 20.4. The van der Waals surface area contributed by atoms with Gasteiger partial charge in [-0.25, -0.2) is 0 Å². The van der Waals surface area contributed by atoms with Crippen LogP contribution in [0.2, 0.25) is 0 Å². The first kappa shape index (κ1) is 20.5. The predicted molar refractivity (Wildman–Crippen MR) is 115 cm³/mol. The van der Waals surface area contributed by atoms with Gasteiger partial charge in [-0.2, -0.15) is 0 Å². The van der Waals surface area contributed by atoms with Gasteiger partial charge in [0.2, 0.25) is 0 Å². The Hall–Kier alpha value is -3.21. The number of oxime groups is 1. The molecule has 0 aliphatic heterocycles. The molecule has 1 N–H and O–H groups in total. The van der Waals surface area contributed by atoms with Crippen molar-refractivity contribution in [3.63, 3.8) is 0 Å². The highest BCUT2D eigenvalue weighted by Crippen LogP contribution is 2.40. The second-order valence-electron chi connectivity index (χ2n) is 6.50. The monoisotopic (exact) mass is 387 g/mol. The van der Waals surface area contributed by atoms with Crippen LogP contribution in [0.5, 0.6) is 0 Å². The van der Waals surface area contributed by atoms with Crippen LogP contribution >= 0.6 is 0 Å². The fraction of sp³-hybridized carbons (Fsp3) is 0.160. The van der Waals surface area contributed by atoms with Gasteiger partial charge in [0, 0.05) is 0 Å². The summed E-state index contributed by atoms with van der Waals surface area (Å²) >= 11 is 0. The molecule has 4 heteroatoms. The third-order valence-electron chi connectivity index (χ3n) is 4.73. The lowest BCUT2D eigenvalue weighted by molar-refractivity contribution is -0.0409. The van der Waals surface area contributed by atoms with E-state index in [4.69, 9.17) is 14.7 Å². The Labute approximate surface area is 171 Å². The van der Waals surface area contributed by atoms with Crippen LogP contribution in [0.4, 0.5) is 0 Å². The third-order valence-corrected chi connectivity index (χ3v) is 4.73. The molecule has 0 aliphatic carbocycles. The van der Waals surface area contributed by atoms with Gasteiger partial charge >= 0.3 is 0 Å². The average molecular weight is 387 g/mol. The average Bonchev–Trinajstić information content (AvgIpc) is 2.80. The summed E-state index contributed by atoms with van der Waals surface area (Å²) in [5, 5.41) is 11.6. The molecule has 29 heavy (non-hydrogen) atoms. The Morgan fingerprint density at radius 3 is 1.66 bits per heavy atom. The van der Waals surface area contributed by atoms with Gasteiger partial charge in [-0.3, -0.25) is 0 Å². The van der Waals surface area contributed by atoms with Crippen molar-refractivity contribution in [3.8, 4) is 0 Å². The van der Waals surface area contributed by atoms with E-state index in [-0.39, 0.29) is 19.3 Å². The Morgan fingerprint density at radius 1 is 0.828 bits per heavy atom. The smallest absolute Gasteiger partial charge is 0.143 e. The summed E-state index contributed by atoms with van der Waals surface area (Å²) in [6.07, 6.45) is 2.62. The molecule has 3 aromatic rings. The lowest BCUT2D eigenvalue weighted by Gasteiger charge is -2.36. The first-order valence-electron chi connectivity index (χ1n) is 9.52. The van der Waals surface area contributed by atoms with E-state index in [1.54, 1.807) is 6.08 Å².